The fourth-order valence-corrected chi connectivity index (χ4v) is 2.10. The van der Waals surface area contributed by atoms with Crippen LogP contribution in [0.3, 0.4) is 0 Å². The highest BCUT2D eigenvalue weighted by molar-refractivity contribution is 7.99. The van der Waals surface area contributed by atoms with Crippen LogP contribution in [0.15, 0.2) is 17.2 Å². The third-order valence-corrected chi connectivity index (χ3v) is 3.24. The van der Waals surface area contributed by atoms with E-state index in [4.69, 9.17) is 16.7 Å². The number of aromatic nitrogens is 1. The molecule has 1 rings (SSSR count). The van der Waals surface area contributed by atoms with E-state index in [-0.39, 0.29) is 5.56 Å². The van der Waals surface area contributed by atoms with Crippen molar-refractivity contribution in [2.45, 2.75) is 18.9 Å². The molecule has 0 aliphatic carbocycles. The maximum Gasteiger partial charge on any atom is 0.338 e. The van der Waals surface area contributed by atoms with Gasteiger partial charge in [-0.05, 0) is 18.1 Å². The minimum atomic E-state index is -0.967. The number of halogens is 1. The SMILES string of the molecule is CC(C)CSc1nc(Cl)ccc1C(=O)O. The molecule has 0 unspecified atom stereocenters. The van der Waals surface area contributed by atoms with E-state index in [1.54, 1.807) is 0 Å². The fraction of sp³-hybridized carbons (Fsp3) is 0.400. The zero-order valence-corrected chi connectivity index (χ0v) is 10.1. The largest absolute Gasteiger partial charge is 0.478 e. The first-order valence-electron chi connectivity index (χ1n) is 4.53. The van der Waals surface area contributed by atoms with Crippen molar-refractivity contribution in [2.24, 2.45) is 5.92 Å². The monoisotopic (exact) mass is 245 g/mol. The van der Waals surface area contributed by atoms with Crippen molar-refractivity contribution in [2.75, 3.05) is 5.75 Å². The van der Waals surface area contributed by atoms with E-state index < -0.39 is 5.97 Å². The number of rotatable bonds is 4. The lowest BCUT2D eigenvalue weighted by molar-refractivity contribution is 0.0692. The highest BCUT2D eigenvalue weighted by atomic mass is 35.5. The Kier molecular flexibility index (Phi) is 4.42. The van der Waals surface area contributed by atoms with Gasteiger partial charge in [0.05, 0.1) is 5.56 Å². The number of pyridine rings is 1. The van der Waals surface area contributed by atoms with Crippen molar-refractivity contribution < 1.29 is 9.90 Å². The topological polar surface area (TPSA) is 50.2 Å². The lowest BCUT2D eigenvalue weighted by atomic mass is 10.3. The Balaban J connectivity index is 2.92. The van der Waals surface area contributed by atoms with Crippen LogP contribution in [0, 0.1) is 5.92 Å². The summed E-state index contributed by atoms with van der Waals surface area (Å²) in [6.45, 7) is 4.13. The number of nitrogens with zero attached hydrogens (tertiary/aromatic N) is 1. The molecule has 82 valence electrons. The maximum absolute atomic E-state index is 10.9. The highest BCUT2D eigenvalue weighted by Gasteiger charge is 2.12. The van der Waals surface area contributed by atoms with E-state index in [1.807, 2.05) is 0 Å². The number of carboxylic acids is 1. The van der Waals surface area contributed by atoms with Gasteiger partial charge in [0.2, 0.25) is 0 Å². The van der Waals surface area contributed by atoms with Crippen LogP contribution >= 0.6 is 23.4 Å². The average Bonchev–Trinajstić information content (AvgIpc) is 2.14. The maximum atomic E-state index is 10.9. The minimum Gasteiger partial charge on any atom is -0.478 e. The summed E-state index contributed by atoms with van der Waals surface area (Å²) in [4.78, 5) is 14.9. The van der Waals surface area contributed by atoms with Gasteiger partial charge in [-0.15, -0.1) is 11.8 Å². The second kappa shape index (κ2) is 5.37. The van der Waals surface area contributed by atoms with Crippen LogP contribution in [0.1, 0.15) is 24.2 Å². The Bertz CT molecular complexity index is 368. The van der Waals surface area contributed by atoms with Gasteiger partial charge in [-0.3, -0.25) is 0 Å². The molecule has 0 saturated heterocycles. The second-order valence-corrected chi connectivity index (χ2v) is 4.89. The van der Waals surface area contributed by atoms with Crippen LogP contribution in [-0.2, 0) is 0 Å². The molecule has 0 aromatic carbocycles. The van der Waals surface area contributed by atoms with Crippen molar-refractivity contribution in [3.05, 3.63) is 22.8 Å². The van der Waals surface area contributed by atoms with Crippen LogP contribution in [0.25, 0.3) is 0 Å². The number of carbonyl (C=O) groups is 1. The molecule has 1 aromatic rings. The smallest absolute Gasteiger partial charge is 0.338 e. The van der Waals surface area contributed by atoms with E-state index in [2.05, 4.69) is 18.8 Å². The van der Waals surface area contributed by atoms with Crippen molar-refractivity contribution >= 4 is 29.3 Å². The molecular formula is C10H12ClNO2S. The molecule has 0 spiro atoms. The zero-order valence-electron chi connectivity index (χ0n) is 8.53. The van der Waals surface area contributed by atoms with Crippen molar-refractivity contribution in [1.29, 1.82) is 0 Å². The summed E-state index contributed by atoms with van der Waals surface area (Å²) >= 11 is 7.14. The van der Waals surface area contributed by atoms with Crippen molar-refractivity contribution in [1.82, 2.24) is 4.98 Å². The van der Waals surface area contributed by atoms with E-state index in [0.29, 0.717) is 16.1 Å². The number of thioether (sulfide) groups is 1. The van der Waals surface area contributed by atoms with Gasteiger partial charge in [0.1, 0.15) is 10.2 Å². The van der Waals surface area contributed by atoms with Crippen LogP contribution in [0.5, 0.6) is 0 Å². The first-order chi connectivity index (χ1) is 7.00. The Morgan fingerprint density at radius 3 is 2.80 bits per heavy atom. The third-order valence-electron chi connectivity index (χ3n) is 1.61. The summed E-state index contributed by atoms with van der Waals surface area (Å²) in [6.07, 6.45) is 0. The zero-order chi connectivity index (χ0) is 11.4. The van der Waals surface area contributed by atoms with Crippen LogP contribution < -0.4 is 0 Å². The Labute approximate surface area is 97.9 Å². The van der Waals surface area contributed by atoms with Gasteiger partial charge in [0.25, 0.3) is 0 Å². The lowest BCUT2D eigenvalue weighted by Gasteiger charge is -2.06. The quantitative estimate of drug-likeness (QED) is 0.654. The molecule has 1 aromatic heterocycles. The summed E-state index contributed by atoms with van der Waals surface area (Å²) < 4.78 is 0. The fourth-order valence-electron chi connectivity index (χ4n) is 0.936. The van der Waals surface area contributed by atoms with Gasteiger partial charge < -0.3 is 5.11 Å². The molecule has 0 amide bonds. The third kappa shape index (κ3) is 3.72. The number of hydrogen-bond acceptors (Lipinski definition) is 3. The molecule has 0 saturated carbocycles. The molecule has 3 nitrogen and oxygen atoms in total. The van der Waals surface area contributed by atoms with E-state index in [9.17, 15) is 4.79 Å². The summed E-state index contributed by atoms with van der Waals surface area (Å²) in [5, 5.41) is 9.74. The van der Waals surface area contributed by atoms with Gasteiger partial charge in [0.15, 0.2) is 0 Å². The minimum absolute atomic E-state index is 0.213. The normalized spacial score (nSPS) is 10.7. The first-order valence-corrected chi connectivity index (χ1v) is 5.89. The van der Waals surface area contributed by atoms with Gasteiger partial charge in [0, 0.05) is 5.75 Å². The van der Waals surface area contributed by atoms with Crippen molar-refractivity contribution in [3.63, 3.8) is 0 Å². The number of aromatic carboxylic acids is 1. The molecule has 0 radical (unpaired) electrons. The number of hydrogen-bond donors (Lipinski definition) is 1. The standard InChI is InChI=1S/C10H12ClNO2S/c1-6(2)5-15-9-7(10(13)14)3-4-8(11)12-9/h3-4,6H,5H2,1-2H3,(H,13,14). The Morgan fingerprint density at radius 1 is 1.60 bits per heavy atom. The van der Waals surface area contributed by atoms with E-state index >= 15 is 0 Å². The van der Waals surface area contributed by atoms with Gasteiger partial charge in [-0.25, -0.2) is 9.78 Å². The molecule has 15 heavy (non-hydrogen) atoms. The van der Waals surface area contributed by atoms with Gasteiger partial charge in [-0.1, -0.05) is 25.4 Å². The summed E-state index contributed by atoms with van der Waals surface area (Å²) in [5.74, 6) is 0.344. The molecule has 0 aliphatic rings. The second-order valence-electron chi connectivity index (χ2n) is 3.50. The summed E-state index contributed by atoms with van der Waals surface area (Å²) in [5.41, 5.74) is 0.213. The summed E-state index contributed by atoms with van der Waals surface area (Å²) in [7, 11) is 0. The first kappa shape index (κ1) is 12.3. The van der Waals surface area contributed by atoms with E-state index in [1.165, 1.54) is 23.9 Å². The molecule has 0 fully saturated rings. The highest BCUT2D eigenvalue weighted by Crippen LogP contribution is 2.24. The molecule has 0 bridgehead atoms. The Morgan fingerprint density at radius 2 is 2.27 bits per heavy atom. The number of carboxylic acid groups (broad SMARTS) is 1. The lowest BCUT2D eigenvalue weighted by Crippen LogP contribution is -2.02. The van der Waals surface area contributed by atoms with Gasteiger partial charge in [-0.2, -0.15) is 0 Å². The van der Waals surface area contributed by atoms with Crippen LogP contribution in [0.4, 0.5) is 0 Å². The van der Waals surface area contributed by atoms with Crippen molar-refractivity contribution in [3.8, 4) is 0 Å². The predicted molar refractivity (Wildman–Crippen MR) is 61.8 cm³/mol. The predicted octanol–water partition coefficient (Wildman–Crippen LogP) is 3.18. The molecule has 1 heterocycles. The van der Waals surface area contributed by atoms with Crippen LogP contribution in [-0.4, -0.2) is 21.8 Å². The molecule has 0 atom stereocenters. The average molecular weight is 246 g/mol. The van der Waals surface area contributed by atoms with Gasteiger partial charge >= 0.3 is 5.97 Å². The summed E-state index contributed by atoms with van der Waals surface area (Å²) in [6, 6.07) is 2.98. The molecule has 0 aliphatic heterocycles. The molecular weight excluding hydrogens is 234 g/mol. The van der Waals surface area contributed by atoms with E-state index in [0.717, 1.165) is 5.75 Å². The van der Waals surface area contributed by atoms with Crippen LogP contribution in [0.2, 0.25) is 5.15 Å². The molecule has 1 N–H and O–H groups in total. The molecule has 5 heteroatoms. The Hall–Kier alpha value is -0.740.